The van der Waals surface area contributed by atoms with Crippen LogP contribution in [0.1, 0.15) is 59.9 Å². The Kier molecular flexibility index (Phi) is 14.0. The van der Waals surface area contributed by atoms with E-state index in [0.717, 1.165) is 78.9 Å². The Morgan fingerprint density at radius 1 is 0.857 bits per heavy atom. The van der Waals surface area contributed by atoms with Crippen molar-refractivity contribution < 1.29 is 19.3 Å². The summed E-state index contributed by atoms with van der Waals surface area (Å²) in [5.41, 5.74) is 6.25. The molecule has 4 aromatic rings. The number of nitrogens with one attached hydrogen (secondary N) is 1. The van der Waals surface area contributed by atoms with Crippen LogP contribution in [0.25, 0.3) is 11.1 Å². The number of aromatic nitrogens is 1. The molecule has 8 nitrogen and oxygen atoms in total. The largest absolute Gasteiger partial charge is 0.492 e. The summed E-state index contributed by atoms with van der Waals surface area (Å²) in [5, 5.41) is 22.6. The quantitative estimate of drug-likeness (QED) is 0.106. The van der Waals surface area contributed by atoms with E-state index in [2.05, 4.69) is 34.3 Å². The summed E-state index contributed by atoms with van der Waals surface area (Å²) in [5.74, 6) is 1.88. The Morgan fingerprint density at radius 2 is 1.63 bits per heavy atom. The predicted octanol–water partition coefficient (Wildman–Crippen LogP) is 8.12. The number of benzene rings is 3. The van der Waals surface area contributed by atoms with Crippen molar-refractivity contribution in [3.63, 3.8) is 0 Å². The lowest BCUT2D eigenvalue weighted by atomic mass is 9.96. The van der Waals surface area contributed by atoms with Crippen molar-refractivity contribution in [1.29, 1.82) is 5.26 Å². The Bertz CT molecular complexity index is 1720. The molecule has 0 radical (unpaired) electrons. The van der Waals surface area contributed by atoms with E-state index in [0.29, 0.717) is 46.1 Å². The number of piperidine rings is 1. The number of ether oxygens (including phenoxy) is 3. The number of nitriles is 1. The molecule has 1 saturated heterocycles. The minimum absolute atomic E-state index is 0.189. The number of hydrogen-bond acceptors (Lipinski definition) is 8. The molecule has 10 heteroatoms. The standard InChI is InChI=1S/C39H44Cl2N4O4/c1-28-31(9-5-10-33(28)34-11-6-12-36(39(34)41)47-18-8-14-43-13-7-17-46)27-49-38-21-37(48-26-30-19-29(22-42)23-44-24-30)32(20-35(38)40)25-45-15-3-2-4-16-45/h5-6,9-12,19-21,23-24,43,46H,2-4,7-8,13-18,25-27H2,1H3. The van der Waals surface area contributed by atoms with Crippen molar-refractivity contribution in [1.82, 2.24) is 15.2 Å². The van der Waals surface area contributed by atoms with Gasteiger partial charge in [0.2, 0.25) is 0 Å². The Labute approximate surface area is 299 Å². The zero-order valence-corrected chi connectivity index (χ0v) is 29.5. The number of hydrogen-bond donors (Lipinski definition) is 2. The van der Waals surface area contributed by atoms with Crippen molar-refractivity contribution in [3.8, 4) is 34.4 Å². The monoisotopic (exact) mass is 702 g/mol. The van der Waals surface area contributed by atoms with Gasteiger partial charge in [0.1, 0.15) is 36.5 Å². The minimum Gasteiger partial charge on any atom is -0.492 e. The average molecular weight is 704 g/mol. The summed E-state index contributed by atoms with van der Waals surface area (Å²) in [6.45, 7) is 7.78. The number of nitrogens with zero attached hydrogens (tertiary/aromatic N) is 3. The topological polar surface area (TPSA) is 99.9 Å². The zero-order chi connectivity index (χ0) is 34.4. The summed E-state index contributed by atoms with van der Waals surface area (Å²) in [4.78, 5) is 6.60. The van der Waals surface area contributed by atoms with E-state index in [1.807, 2.05) is 42.5 Å². The van der Waals surface area contributed by atoms with Gasteiger partial charge in [-0.3, -0.25) is 9.88 Å². The van der Waals surface area contributed by atoms with Crippen LogP contribution in [-0.4, -0.2) is 54.4 Å². The van der Waals surface area contributed by atoms with Gasteiger partial charge in [-0.1, -0.05) is 60.0 Å². The molecule has 258 valence electrons. The third kappa shape index (κ3) is 10.3. The summed E-state index contributed by atoms with van der Waals surface area (Å²) in [7, 11) is 0. The lowest BCUT2D eigenvalue weighted by molar-refractivity contribution is 0.214. The Hall–Kier alpha value is -3.84. The zero-order valence-electron chi connectivity index (χ0n) is 28.0. The maximum Gasteiger partial charge on any atom is 0.142 e. The Morgan fingerprint density at radius 3 is 2.45 bits per heavy atom. The molecule has 49 heavy (non-hydrogen) atoms. The van der Waals surface area contributed by atoms with Gasteiger partial charge in [-0.2, -0.15) is 5.26 Å². The lowest BCUT2D eigenvalue weighted by Gasteiger charge is -2.27. The summed E-state index contributed by atoms with van der Waals surface area (Å²) >= 11 is 13.7. The maximum atomic E-state index is 9.30. The second-order valence-electron chi connectivity index (χ2n) is 12.2. The van der Waals surface area contributed by atoms with Crippen LogP contribution in [-0.2, 0) is 19.8 Å². The number of rotatable bonds is 17. The molecule has 0 unspecified atom stereocenters. The summed E-state index contributed by atoms with van der Waals surface area (Å²) in [6, 6.07) is 19.7. The fourth-order valence-electron chi connectivity index (χ4n) is 5.92. The second-order valence-corrected chi connectivity index (χ2v) is 13.0. The van der Waals surface area contributed by atoms with Crippen molar-refractivity contribution in [2.45, 2.75) is 58.8 Å². The first-order valence-electron chi connectivity index (χ1n) is 16.9. The first-order chi connectivity index (χ1) is 24.0. The molecule has 0 aliphatic carbocycles. The molecule has 3 aromatic carbocycles. The molecule has 1 aromatic heterocycles. The van der Waals surface area contributed by atoms with Crippen LogP contribution in [0, 0.1) is 18.3 Å². The number of likely N-dealkylation sites (tertiary alicyclic amines) is 1. The normalized spacial score (nSPS) is 13.2. The summed E-state index contributed by atoms with van der Waals surface area (Å²) in [6.07, 6.45) is 8.45. The molecule has 1 fully saturated rings. The van der Waals surface area contributed by atoms with Crippen LogP contribution >= 0.6 is 23.2 Å². The van der Waals surface area contributed by atoms with Crippen molar-refractivity contribution in [3.05, 3.63) is 105 Å². The molecule has 0 spiro atoms. The number of aliphatic hydroxyl groups excluding tert-OH is 1. The second kappa shape index (κ2) is 18.8. The lowest BCUT2D eigenvalue weighted by Crippen LogP contribution is -2.29. The van der Waals surface area contributed by atoms with E-state index < -0.39 is 0 Å². The van der Waals surface area contributed by atoms with Crippen LogP contribution in [0.4, 0.5) is 0 Å². The molecular formula is C39H44Cl2N4O4. The number of halogens is 2. The highest BCUT2D eigenvalue weighted by Crippen LogP contribution is 2.39. The molecule has 2 N–H and O–H groups in total. The van der Waals surface area contributed by atoms with E-state index in [-0.39, 0.29) is 13.2 Å². The van der Waals surface area contributed by atoms with Crippen LogP contribution in [0.15, 0.2) is 67.0 Å². The number of aliphatic hydroxyl groups is 1. The van der Waals surface area contributed by atoms with Crippen molar-refractivity contribution >= 4 is 23.2 Å². The van der Waals surface area contributed by atoms with Crippen LogP contribution in [0.3, 0.4) is 0 Å². The molecule has 2 heterocycles. The molecule has 0 bridgehead atoms. The van der Waals surface area contributed by atoms with E-state index in [4.69, 9.17) is 42.5 Å². The van der Waals surface area contributed by atoms with Crippen molar-refractivity contribution in [2.24, 2.45) is 0 Å². The van der Waals surface area contributed by atoms with E-state index in [1.165, 1.54) is 25.5 Å². The molecule has 0 amide bonds. The van der Waals surface area contributed by atoms with Gasteiger partial charge in [-0.05, 0) is 93.7 Å². The van der Waals surface area contributed by atoms with Gasteiger partial charge in [-0.15, -0.1) is 0 Å². The SMILES string of the molecule is Cc1c(COc2cc(OCc3cncc(C#N)c3)c(CN3CCCCC3)cc2Cl)cccc1-c1cccc(OCCCNCCCO)c1Cl. The maximum absolute atomic E-state index is 9.30. The van der Waals surface area contributed by atoms with Gasteiger partial charge in [0.05, 0.1) is 22.2 Å². The van der Waals surface area contributed by atoms with Crippen molar-refractivity contribution in [2.75, 3.05) is 39.4 Å². The first kappa shape index (κ1) is 36.4. The minimum atomic E-state index is 0.189. The average Bonchev–Trinajstić information content (AvgIpc) is 3.12. The summed E-state index contributed by atoms with van der Waals surface area (Å²) < 4.78 is 18.7. The molecule has 0 atom stereocenters. The fourth-order valence-corrected chi connectivity index (χ4v) is 6.44. The van der Waals surface area contributed by atoms with Gasteiger partial charge in [0.25, 0.3) is 0 Å². The van der Waals surface area contributed by atoms with E-state index in [9.17, 15) is 5.26 Å². The van der Waals surface area contributed by atoms with Crippen LogP contribution in [0.2, 0.25) is 10.0 Å². The molecule has 1 aliphatic rings. The van der Waals surface area contributed by atoms with Gasteiger partial charge >= 0.3 is 0 Å². The molecule has 1 aliphatic heterocycles. The van der Waals surface area contributed by atoms with E-state index >= 15 is 0 Å². The first-order valence-corrected chi connectivity index (χ1v) is 17.7. The Balaban J connectivity index is 1.30. The van der Waals surface area contributed by atoms with Gasteiger partial charge < -0.3 is 24.6 Å². The van der Waals surface area contributed by atoms with Crippen LogP contribution < -0.4 is 19.5 Å². The van der Waals surface area contributed by atoms with Crippen LogP contribution in [0.5, 0.6) is 17.2 Å². The smallest absolute Gasteiger partial charge is 0.142 e. The predicted molar refractivity (Wildman–Crippen MR) is 195 cm³/mol. The van der Waals surface area contributed by atoms with Gasteiger partial charge in [0, 0.05) is 48.3 Å². The third-order valence-electron chi connectivity index (χ3n) is 8.63. The van der Waals surface area contributed by atoms with Gasteiger partial charge in [0.15, 0.2) is 0 Å². The highest BCUT2D eigenvalue weighted by molar-refractivity contribution is 6.35. The third-order valence-corrected chi connectivity index (χ3v) is 9.31. The number of pyridine rings is 1. The van der Waals surface area contributed by atoms with E-state index in [1.54, 1.807) is 12.3 Å². The highest BCUT2D eigenvalue weighted by Gasteiger charge is 2.18. The highest BCUT2D eigenvalue weighted by atomic mass is 35.5. The van der Waals surface area contributed by atoms with Gasteiger partial charge in [-0.25, -0.2) is 0 Å². The fraction of sp³-hybridized carbons (Fsp3) is 0.385. The molecular weight excluding hydrogens is 659 g/mol. The molecule has 0 saturated carbocycles. The molecule has 5 rings (SSSR count).